The Bertz CT molecular complexity index is 399. The quantitative estimate of drug-likeness (QED) is 0.830. The summed E-state index contributed by atoms with van der Waals surface area (Å²) >= 11 is 0. The molecule has 0 spiro atoms. The van der Waals surface area contributed by atoms with Gasteiger partial charge in [-0.15, -0.1) is 0 Å². The van der Waals surface area contributed by atoms with Gasteiger partial charge in [-0.05, 0) is 50.4 Å². The average molecular weight is 275 g/mol. The summed E-state index contributed by atoms with van der Waals surface area (Å²) in [5, 5.41) is 0. The number of nitrogens with zero attached hydrogens (tertiary/aromatic N) is 2. The predicted molar refractivity (Wildman–Crippen MR) is 87.4 cm³/mol. The standard InChI is InChI=1S/C17H29N3/c1-3-16(18)14-15-8-4-5-9-17(15)19(2)12-13-20-10-6-7-11-20/h4-5,8-9,16H,3,6-7,10-14,18H2,1-2H3. The molecule has 2 N–H and O–H groups in total. The molecule has 1 aromatic carbocycles. The van der Waals surface area contributed by atoms with E-state index in [1.807, 2.05) is 0 Å². The first-order chi connectivity index (χ1) is 9.70. The molecule has 112 valence electrons. The third-order valence-corrected chi connectivity index (χ3v) is 4.36. The minimum Gasteiger partial charge on any atom is -0.373 e. The van der Waals surface area contributed by atoms with E-state index in [-0.39, 0.29) is 6.04 Å². The van der Waals surface area contributed by atoms with E-state index in [1.165, 1.54) is 43.7 Å². The zero-order valence-corrected chi connectivity index (χ0v) is 13.0. The molecule has 0 radical (unpaired) electrons. The Morgan fingerprint density at radius 1 is 1.25 bits per heavy atom. The number of hydrogen-bond acceptors (Lipinski definition) is 3. The van der Waals surface area contributed by atoms with Crippen LogP contribution in [0.5, 0.6) is 0 Å². The van der Waals surface area contributed by atoms with Crippen LogP contribution in [-0.4, -0.2) is 44.2 Å². The second kappa shape index (κ2) is 7.65. The van der Waals surface area contributed by atoms with Crippen molar-refractivity contribution in [1.82, 2.24) is 4.90 Å². The fraction of sp³-hybridized carbons (Fsp3) is 0.647. The summed E-state index contributed by atoms with van der Waals surface area (Å²) in [6.45, 7) is 6.97. The van der Waals surface area contributed by atoms with Crippen LogP contribution in [0.1, 0.15) is 31.7 Å². The normalized spacial score (nSPS) is 17.4. The van der Waals surface area contributed by atoms with E-state index in [2.05, 4.69) is 48.0 Å². The van der Waals surface area contributed by atoms with Crippen molar-refractivity contribution in [3.8, 4) is 0 Å². The molecule has 0 amide bonds. The van der Waals surface area contributed by atoms with Gasteiger partial charge >= 0.3 is 0 Å². The first-order valence-corrected chi connectivity index (χ1v) is 7.97. The van der Waals surface area contributed by atoms with E-state index in [4.69, 9.17) is 5.73 Å². The maximum Gasteiger partial charge on any atom is 0.0397 e. The van der Waals surface area contributed by atoms with Crippen molar-refractivity contribution in [1.29, 1.82) is 0 Å². The van der Waals surface area contributed by atoms with Gasteiger partial charge in [0.25, 0.3) is 0 Å². The van der Waals surface area contributed by atoms with Gasteiger partial charge in [-0.2, -0.15) is 0 Å². The first-order valence-electron chi connectivity index (χ1n) is 7.97. The lowest BCUT2D eigenvalue weighted by atomic mass is 10.0. The Labute approximate surface area is 123 Å². The summed E-state index contributed by atoms with van der Waals surface area (Å²) in [7, 11) is 2.20. The molecule has 0 aliphatic carbocycles. The SMILES string of the molecule is CCC(N)Cc1ccccc1N(C)CCN1CCCC1. The van der Waals surface area contributed by atoms with Gasteiger partial charge in [0.15, 0.2) is 0 Å². The number of hydrogen-bond donors (Lipinski definition) is 1. The van der Waals surface area contributed by atoms with Gasteiger partial charge in [-0.1, -0.05) is 25.1 Å². The summed E-state index contributed by atoms with van der Waals surface area (Å²) in [6, 6.07) is 8.96. The number of para-hydroxylation sites is 1. The summed E-state index contributed by atoms with van der Waals surface area (Å²) in [4.78, 5) is 4.95. The highest BCUT2D eigenvalue weighted by Gasteiger charge is 2.14. The number of likely N-dealkylation sites (tertiary alicyclic amines) is 1. The molecule has 1 aromatic rings. The molecule has 3 heteroatoms. The van der Waals surface area contributed by atoms with Crippen LogP contribution in [0.15, 0.2) is 24.3 Å². The second-order valence-corrected chi connectivity index (χ2v) is 5.97. The molecule has 0 saturated carbocycles. The van der Waals surface area contributed by atoms with E-state index in [0.717, 1.165) is 19.4 Å². The molecule has 1 heterocycles. The molecule has 20 heavy (non-hydrogen) atoms. The minimum absolute atomic E-state index is 0.267. The smallest absolute Gasteiger partial charge is 0.0397 e. The fourth-order valence-corrected chi connectivity index (χ4v) is 2.90. The third kappa shape index (κ3) is 4.22. The lowest BCUT2D eigenvalue weighted by molar-refractivity contribution is 0.346. The molecule has 1 aliphatic rings. The Balaban J connectivity index is 1.95. The lowest BCUT2D eigenvalue weighted by Gasteiger charge is -2.26. The highest BCUT2D eigenvalue weighted by atomic mass is 15.2. The summed E-state index contributed by atoms with van der Waals surface area (Å²) < 4.78 is 0. The summed E-state index contributed by atoms with van der Waals surface area (Å²) in [5.41, 5.74) is 8.84. The van der Waals surface area contributed by atoms with Gasteiger partial charge in [-0.25, -0.2) is 0 Å². The van der Waals surface area contributed by atoms with Gasteiger partial charge in [0.05, 0.1) is 0 Å². The highest BCUT2D eigenvalue weighted by Crippen LogP contribution is 2.21. The highest BCUT2D eigenvalue weighted by molar-refractivity contribution is 5.53. The van der Waals surface area contributed by atoms with Gasteiger partial charge in [0, 0.05) is 31.9 Å². The molecule has 0 aromatic heterocycles. The van der Waals surface area contributed by atoms with Crippen LogP contribution < -0.4 is 10.6 Å². The zero-order chi connectivity index (χ0) is 14.4. The molecule has 1 atom stereocenters. The molecule has 2 rings (SSSR count). The Kier molecular flexibility index (Phi) is 5.86. The first kappa shape index (κ1) is 15.3. The van der Waals surface area contributed by atoms with Crippen LogP contribution in [0, 0.1) is 0 Å². The van der Waals surface area contributed by atoms with Crippen LogP contribution in [-0.2, 0) is 6.42 Å². The molecule has 3 nitrogen and oxygen atoms in total. The van der Waals surface area contributed by atoms with E-state index >= 15 is 0 Å². The molecule has 1 aliphatic heterocycles. The number of rotatable bonds is 7. The lowest BCUT2D eigenvalue weighted by Crippen LogP contribution is -2.32. The van der Waals surface area contributed by atoms with E-state index in [9.17, 15) is 0 Å². The van der Waals surface area contributed by atoms with Gasteiger partial charge in [-0.3, -0.25) is 0 Å². The fourth-order valence-electron chi connectivity index (χ4n) is 2.90. The average Bonchev–Trinajstić information content (AvgIpc) is 2.98. The van der Waals surface area contributed by atoms with E-state index < -0.39 is 0 Å². The Morgan fingerprint density at radius 3 is 2.65 bits per heavy atom. The maximum atomic E-state index is 6.12. The monoisotopic (exact) mass is 275 g/mol. The number of likely N-dealkylation sites (N-methyl/N-ethyl adjacent to an activating group) is 1. The number of nitrogens with two attached hydrogens (primary N) is 1. The molecular formula is C17H29N3. The van der Waals surface area contributed by atoms with Crippen LogP contribution in [0.2, 0.25) is 0 Å². The zero-order valence-electron chi connectivity index (χ0n) is 13.0. The summed E-state index contributed by atoms with van der Waals surface area (Å²) in [6.07, 6.45) is 4.74. The van der Waals surface area contributed by atoms with Crippen molar-refractivity contribution >= 4 is 5.69 Å². The van der Waals surface area contributed by atoms with Crippen molar-refractivity contribution in [3.63, 3.8) is 0 Å². The van der Waals surface area contributed by atoms with Crippen molar-refractivity contribution in [2.24, 2.45) is 5.73 Å². The van der Waals surface area contributed by atoms with E-state index in [0.29, 0.717) is 0 Å². The van der Waals surface area contributed by atoms with E-state index in [1.54, 1.807) is 0 Å². The summed E-state index contributed by atoms with van der Waals surface area (Å²) in [5.74, 6) is 0. The second-order valence-electron chi connectivity index (χ2n) is 5.97. The van der Waals surface area contributed by atoms with Crippen molar-refractivity contribution in [2.45, 2.75) is 38.6 Å². The largest absolute Gasteiger partial charge is 0.373 e. The molecule has 1 saturated heterocycles. The maximum absolute atomic E-state index is 6.12. The Morgan fingerprint density at radius 2 is 1.95 bits per heavy atom. The van der Waals surface area contributed by atoms with Crippen molar-refractivity contribution < 1.29 is 0 Å². The van der Waals surface area contributed by atoms with Crippen LogP contribution in [0.4, 0.5) is 5.69 Å². The van der Waals surface area contributed by atoms with Gasteiger partial charge in [0.2, 0.25) is 0 Å². The van der Waals surface area contributed by atoms with Crippen LogP contribution in [0.25, 0.3) is 0 Å². The van der Waals surface area contributed by atoms with Crippen molar-refractivity contribution in [3.05, 3.63) is 29.8 Å². The van der Waals surface area contributed by atoms with Crippen LogP contribution in [0.3, 0.4) is 0 Å². The van der Waals surface area contributed by atoms with Crippen LogP contribution >= 0.6 is 0 Å². The molecule has 0 bridgehead atoms. The minimum atomic E-state index is 0.267. The molecule has 1 unspecified atom stereocenters. The van der Waals surface area contributed by atoms with Gasteiger partial charge in [0.1, 0.15) is 0 Å². The topological polar surface area (TPSA) is 32.5 Å². The van der Waals surface area contributed by atoms with Crippen molar-refractivity contribution in [2.75, 3.05) is 38.1 Å². The molecule has 1 fully saturated rings. The third-order valence-electron chi connectivity index (χ3n) is 4.36. The van der Waals surface area contributed by atoms with Gasteiger partial charge < -0.3 is 15.5 Å². The number of anilines is 1. The molecular weight excluding hydrogens is 246 g/mol. The number of benzene rings is 1. The Hall–Kier alpha value is -1.06. The predicted octanol–water partition coefficient (Wildman–Crippen LogP) is 2.50.